The maximum Gasteiger partial charge on any atom is 0.198 e. The zero-order valence-electron chi connectivity index (χ0n) is 17.9. The van der Waals surface area contributed by atoms with Crippen LogP contribution >= 0.6 is 0 Å². The van der Waals surface area contributed by atoms with E-state index >= 15 is 0 Å². The Morgan fingerprint density at radius 3 is 1.78 bits per heavy atom. The van der Waals surface area contributed by atoms with E-state index < -0.39 is 0 Å². The van der Waals surface area contributed by atoms with Crippen LogP contribution in [0.4, 0.5) is 11.4 Å². The van der Waals surface area contributed by atoms with E-state index in [9.17, 15) is 20.0 Å². The quantitative estimate of drug-likeness (QED) is 0.216. The summed E-state index contributed by atoms with van der Waals surface area (Å²) in [4.78, 5) is 30.7. The standard InChI is InChI=1S/C23H27N5O4/c29-22-16-5-8-24-15-17(16)23(30)21-19(26-7-2-10-28(32)13-14-28)4-3-18(20(21)22)25-6-1-9-27(31)11-12-27/h3-5,8,15,25-26H,1-2,6-7,9-14H2. The van der Waals surface area contributed by atoms with E-state index in [0.29, 0.717) is 98.8 Å². The largest absolute Gasteiger partial charge is 0.632 e. The summed E-state index contributed by atoms with van der Waals surface area (Å²) in [5.74, 6) is -0.449. The van der Waals surface area contributed by atoms with Crippen molar-refractivity contribution in [1.29, 1.82) is 0 Å². The predicted octanol–water partition coefficient (Wildman–Crippen LogP) is 2.12. The number of rotatable bonds is 10. The lowest BCUT2D eigenvalue weighted by molar-refractivity contribution is -0.744. The number of ketones is 2. The molecule has 0 bridgehead atoms. The van der Waals surface area contributed by atoms with E-state index in [1.807, 2.05) is 6.07 Å². The third kappa shape index (κ3) is 4.12. The lowest BCUT2D eigenvalue weighted by Gasteiger charge is -2.25. The van der Waals surface area contributed by atoms with Crippen LogP contribution in [0.25, 0.3) is 0 Å². The molecule has 9 heteroatoms. The molecule has 3 aliphatic rings. The molecule has 168 valence electrons. The summed E-state index contributed by atoms with van der Waals surface area (Å²) in [5.41, 5.74) is 2.55. The van der Waals surface area contributed by atoms with Gasteiger partial charge >= 0.3 is 0 Å². The Bertz CT molecular complexity index is 994. The van der Waals surface area contributed by atoms with Gasteiger partial charge in [-0.05, 0) is 18.2 Å². The van der Waals surface area contributed by atoms with Gasteiger partial charge in [-0.3, -0.25) is 14.6 Å². The van der Waals surface area contributed by atoms with E-state index in [4.69, 9.17) is 0 Å². The van der Waals surface area contributed by atoms with Gasteiger partial charge in [0.05, 0.1) is 29.8 Å². The maximum absolute atomic E-state index is 13.4. The van der Waals surface area contributed by atoms with Gasteiger partial charge in [0.25, 0.3) is 0 Å². The Labute approximate surface area is 186 Å². The molecule has 5 rings (SSSR count). The van der Waals surface area contributed by atoms with Crippen LogP contribution in [-0.2, 0) is 0 Å². The molecular weight excluding hydrogens is 410 g/mol. The van der Waals surface area contributed by atoms with Crippen molar-refractivity contribution >= 4 is 22.9 Å². The minimum atomic E-state index is -0.236. The van der Waals surface area contributed by atoms with Gasteiger partial charge in [-0.2, -0.15) is 0 Å². The average Bonchev–Trinajstić information content (AvgIpc) is 3.72. The van der Waals surface area contributed by atoms with Gasteiger partial charge in [-0.15, -0.1) is 0 Å². The molecule has 0 saturated carbocycles. The highest BCUT2D eigenvalue weighted by Gasteiger charge is 2.35. The number of carbonyl (C=O) groups is 2. The van der Waals surface area contributed by atoms with Crippen LogP contribution in [0.1, 0.15) is 44.7 Å². The third-order valence-corrected chi connectivity index (χ3v) is 6.53. The topological polar surface area (TPSA) is 117 Å². The molecule has 1 aliphatic carbocycles. The van der Waals surface area contributed by atoms with E-state index in [-0.39, 0.29) is 20.9 Å². The number of hydrogen-bond donors (Lipinski definition) is 2. The summed E-state index contributed by atoms with van der Waals surface area (Å²) in [7, 11) is 0. The molecule has 0 radical (unpaired) electrons. The summed E-state index contributed by atoms with van der Waals surface area (Å²) in [6, 6.07) is 5.19. The number of aromatic nitrogens is 1. The van der Waals surface area contributed by atoms with Crippen molar-refractivity contribution in [2.24, 2.45) is 0 Å². The fourth-order valence-corrected chi connectivity index (χ4v) is 4.26. The molecule has 2 saturated heterocycles. The zero-order chi connectivity index (χ0) is 22.3. The monoisotopic (exact) mass is 437 g/mol. The molecule has 32 heavy (non-hydrogen) atoms. The molecular formula is C23H27N5O4. The summed E-state index contributed by atoms with van der Waals surface area (Å²) in [6.45, 7) is 4.92. The second kappa shape index (κ2) is 7.93. The van der Waals surface area contributed by atoms with Crippen molar-refractivity contribution < 1.29 is 18.9 Å². The van der Waals surface area contributed by atoms with Crippen LogP contribution in [0.5, 0.6) is 0 Å². The predicted molar refractivity (Wildman–Crippen MR) is 120 cm³/mol. The third-order valence-electron chi connectivity index (χ3n) is 6.53. The highest BCUT2D eigenvalue weighted by molar-refractivity contribution is 6.31. The Hall–Kier alpha value is -2.85. The lowest BCUT2D eigenvalue weighted by atomic mass is 9.83. The molecule has 2 aliphatic heterocycles. The van der Waals surface area contributed by atoms with Crippen LogP contribution in [0, 0.1) is 10.4 Å². The van der Waals surface area contributed by atoms with Gasteiger partial charge in [0.1, 0.15) is 26.2 Å². The molecule has 0 spiro atoms. The van der Waals surface area contributed by atoms with E-state index in [0.717, 1.165) is 0 Å². The number of nitrogens with one attached hydrogen (secondary N) is 2. The molecule has 0 atom stereocenters. The fourth-order valence-electron chi connectivity index (χ4n) is 4.26. The van der Waals surface area contributed by atoms with Gasteiger partial charge in [-0.1, -0.05) is 0 Å². The molecule has 0 amide bonds. The van der Waals surface area contributed by atoms with Crippen LogP contribution in [0.15, 0.2) is 30.6 Å². The van der Waals surface area contributed by atoms with E-state index in [1.54, 1.807) is 12.1 Å². The number of benzene rings is 1. The van der Waals surface area contributed by atoms with E-state index in [1.165, 1.54) is 12.4 Å². The first-order valence-corrected chi connectivity index (χ1v) is 11.2. The highest BCUT2D eigenvalue weighted by atomic mass is 16.6. The summed E-state index contributed by atoms with van der Waals surface area (Å²) in [6.07, 6.45) is 4.33. The van der Waals surface area contributed by atoms with Crippen molar-refractivity contribution in [1.82, 2.24) is 4.98 Å². The lowest BCUT2D eigenvalue weighted by Crippen LogP contribution is -2.26. The Balaban J connectivity index is 1.38. The number of hydroxylamine groups is 6. The summed E-state index contributed by atoms with van der Waals surface area (Å²) in [5, 5.41) is 30.3. The van der Waals surface area contributed by atoms with Crippen molar-refractivity contribution in [2.45, 2.75) is 12.8 Å². The zero-order valence-corrected chi connectivity index (χ0v) is 17.9. The first-order chi connectivity index (χ1) is 15.4. The highest BCUT2D eigenvalue weighted by Crippen LogP contribution is 2.36. The van der Waals surface area contributed by atoms with Gasteiger partial charge in [0.15, 0.2) is 11.6 Å². The number of nitrogens with zero attached hydrogens (tertiary/aromatic N) is 3. The number of quaternary nitrogens is 2. The number of pyridine rings is 1. The van der Waals surface area contributed by atoms with Gasteiger partial charge in [0.2, 0.25) is 0 Å². The molecule has 2 N–H and O–H groups in total. The van der Waals surface area contributed by atoms with Crippen molar-refractivity contribution in [3.05, 3.63) is 63.3 Å². The minimum Gasteiger partial charge on any atom is -0.632 e. The second-order valence-corrected chi connectivity index (χ2v) is 9.01. The van der Waals surface area contributed by atoms with Crippen LogP contribution in [0.2, 0.25) is 0 Å². The Morgan fingerprint density at radius 2 is 1.28 bits per heavy atom. The molecule has 1 aromatic heterocycles. The minimum absolute atomic E-state index is 0.135. The van der Waals surface area contributed by atoms with Crippen molar-refractivity contribution in [3.8, 4) is 0 Å². The van der Waals surface area contributed by atoms with Gasteiger partial charge in [0, 0.05) is 55.3 Å². The molecule has 2 fully saturated rings. The SMILES string of the molecule is O=C1c2ccncc2C(=O)c2c(NCCC[N+]3([O-])CC3)ccc(NCCC[N+]3([O-])CC3)c21. The van der Waals surface area contributed by atoms with E-state index in [2.05, 4.69) is 15.6 Å². The number of hydrogen-bond acceptors (Lipinski definition) is 7. The molecule has 1 aromatic carbocycles. The molecule has 0 unspecified atom stereocenters. The van der Waals surface area contributed by atoms with Crippen LogP contribution < -0.4 is 10.6 Å². The first kappa shape index (κ1) is 21.0. The van der Waals surface area contributed by atoms with Crippen molar-refractivity contribution in [3.63, 3.8) is 0 Å². The number of fused-ring (bicyclic) bond motifs is 2. The first-order valence-electron chi connectivity index (χ1n) is 11.2. The molecule has 2 aromatic rings. The number of carbonyl (C=O) groups excluding carboxylic acids is 2. The van der Waals surface area contributed by atoms with Crippen LogP contribution in [-0.4, -0.2) is 78.2 Å². The van der Waals surface area contributed by atoms with Crippen LogP contribution in [0.3, 0.4) is 0 Å². The normalized spacial score (nSPS) is 19.2. The Morgan fingerprint density at radius 1 is 0.781 bits per heavy atom. The smallest absolute Gasteiger partial charge is 0.198 e. The van der Waals surface area contributed by atoms with Crippen molar-refractivity contribution in [2.75, 3.05) is 63.0 Å². The number of anilines is 2. The Kier molecular flexibility index (Phi) is 5.21. The average molecular weight is 438 g/mol. The fraction of sp³-hybridized carbons (Fsp3) is 0.435. The maximum atomic E-state index is 13.4. The second-order valence-electron chi connectivity index (χ2n) is 9.01. The summed E-state index contributed by atoms with van der Waals surface area (Å²) >= 11 is 0. The summed E-state index contributed by atoms with van der Waals surface area (Å²) < 4.78 is -0.272. The van der Waals surface area contributed by atoms with Gasteiger partial charge in [-0.25, -0.2) is 0 Å². The molecule has 9 nitrogen and oxygen atoms in total. The van der Waals surface area contributed by atoms with Gasteiger partial charge < -0.3 is 30.3 Å². The molecule has 3 heterocycles.